The number of aliphatic hydroxyl groups excluding tert-OH is 1. The molecule has 0 spiro atoms. The minimum atomic E-state index is -0.565. The molecule has 112 valence electrons. The highest BCUT2D eigenvalue weighted by molar-refractivity contribution is 9.10. The first kappa shape index (κ1) is 16.9. The SMILES string of the molecule is NC(=O)CCCCNCC(O)COc1cccc(Br)c1. The minimum absolute atomic E-state index is 0.241. The number of carbonyl (C=O) groups is 1. The first-order chi connectivity index (χ1) is 9.58. The zero-order valence-corrected chi connectivity index (χ0v) is 12.9. The number of nitrogens with one attached hydrogen (secondary N) is 1. The molecule has 5 nitrogen and oxygen atoms in total. The van der Waals surface area contributed by atoms with Gasteiger partial charge in [-0.05, 0) is 37.6 Å². The number of ether oxygens (including phenoxy) is 1. The summed E-state index contributed by atoms with van der Waals surface area (Å²) in [5.41, 5.74) is 5.04. The van der Waals surface area contributed by atoms with Gasteiger partial charge in [-0.25, -0.2) is 0 Å². The normalized spacial score (nSPS) is 12.1. The number of amides is 1. The van der Waals surface area contributed by atoms with Crippen molar-refractivity contribution in [2.75, 3.05) is 19.7 Å². The topological polar surface area (TPSA) is 84.6 Å². The van der Waals surface area contributed by atoms with Gasteiger partial charge in [0.25, 0.3) is 0 Å². The second-order valence-corrected chi connectivity index (χ2v) is 5.47. The lowest BCUT2D eigenvalue weighted by Gasteiger charge is -2.13. The van der Waals surface area contributed by atoms with E-state index in [1.165, 1.54) is 0 Å². The first-order valence-electron chi connectivity index (χ1n) is 6.63. The van der Waals surface area contributed by atoms with Crippen LogP contribution in [-0.4, -0.2) is 36.8 Å². The largest absolute Gasteiger partial charge is 0.491 e. The fourth-order valence-corrected chi connectivity index (χ4v) is 2.00. The summed E-state index contributed by atoms with van der Waals surface area (Å²) in [5.74, 6) is 0.451. The lowest BCUT2D eigenvalue weighted by Crippen LogP contribution is -2.32. The van der Waals surface area contributed by atoms with Gasteiger partial charge in [0.2, 0.25) is 5.91 Å². The molecule has 1 aromatic rings. The first-order valence-corrected chi connectivity index (χ1v) is 7.42. The van der Waals surface area contributed by atoms with Gasteiger partial charge in [-0.3, -0.25) is 4.79 Å². The van der Waals surface area contributed by atoms with E-state index in [9.17, 15) is 9.90 Å². The van der Waals surface area contributed by atoms with Crippen LogP contribution in [0.1, 0.15) is 19.3 Å². The Labute approximate surface area is 127 Å². The van der Waals surface area contributed by atoms with E-state index >= 15 is 0 Å². The van der Waals surface area contributed by atoms with E-state index in [0.717, 1.165) is 29.6 Å². The number of halogens is 1. The van der Waals surface area contributed by atoms with Gasteiger partial charge in [-0.2, -0.15) is 0 Å². The van der Waals surface area contributed by atoms with E-state index in [2.05, 4.69) is 21.2 Å². The van der Waals surface area contributed by atoms with Crippen molar-refractivity contribution in [1.29, 1.82) is 0 Å². The molecule has 6 heteroatoms. The third kappa shape index (κ3) is 8.14. The molecular formula is C14H21BrN2O3. The van der Waals surface area contributed by atoms with Crippen molar-refractivity contribution in [2.24, 2.45) is 5.73 Å². The highest BCUT2D eigenvalue weighted by Gasteiger charge is 2.05. The summed E-state index contributed by atoms with van der Waals surface area (Å²) in [4.78, 5) is 10.5. The maximum atomic E-state index is 10.5. The van der Waals surface area contributed by atoms with E-state index in [4.69, 9.17) is 10.5 Å². The van der Waals surface area contributed by atoms with E-state index in [1.807, 2.05) is 24.3 Å². The molecule has 0 radical (unpaired) electrons. The smallest absolute Gasteiger partial charge is 0.217 e. The summed E-state index contributed by atoms with van der Waals surface area (Å²) < 4.78 is 6.42. The molecule has 4 N–H and O–H groups in total. The Hall–Kier alpha value is -1.11. The lowest BCUT2D eigenvalue weighted by atomic mass is 10.2. The summed E-state index contributed by atoms with van der Waals surface area (Å²) in [6.45, 7) is 1.45. The van der Waals surface area contributed by atoms with Crippen molar-refractivity contribution in [3.63, 3.8) is 0 Å². The molecule has 0 fully saturated rings. The quantitative estimate of drug-likeness (QED) is 0.560. The number of aliphatic hydroxyl groups is 1. The van der Waals surface area contributed by atoms with Crippen LogP contribution in [0.2, 0.25) is 0 Å². The number of unbranched alkanes of at least 4 members (excludes halogenated alkanes) is 1. The number of carbonyl (C=O) groups excluding carboxylic acids is 1. The van der Waals surface area contributed by atoms with Gasteiger partial charge < -0.3 is 20.9 Å². The molecule has 0 bridgehead atoms. The van der Waals surface area contributed by atoms with Gasteiger partial charge >= 0.3 is 0 Å². The average molecular weight is 345 g/mol. The monoisotopic (exact) mass is 344 g/mol. The Morgan fingerprint density at radius 2 is 2.25 bits per heavy atom. The molecule has 1 amide bonds. The second-order valence-electron chi connectivity index (χ2n) is 4.55. The van der Waals surface area contributed by atoms with Crippen LogP contribution >= 0.6 is 15.9 Å². The summed E-state index contributed by atoms with van der Waals surface area (Å²) in [5, 5.41) is 12.9. The third-order valence-electron chi connectivity index (χ3n) is 2.65. The molecule has 0 aliphatic rings. The van der Waals surface area contributed by atoms with Crippen molar-refractivity contribution in [1.82, 2.24) is 5.32 Å². The molecule has 0 aliphatic heterocycles. The summed E-state index contributed by atoms with van der Waals surface area (Å²) in [6, 6.07) is 7.48. The maximum Gasteiger partial charge on any atom is 0.217 e. The number of primary amides is 1. The Kier molecular flexibility index (Phi) is 8.25. The van der Waals surface area contributed by atoms with Crippen LogP contribution in [0.5, 0.6) is 5.75 Å². The fourth-order valence-electron chi connectivity index (χ4n) is 1.63. The van der Waals surface area contributed by atoms with Crippen LogP contribution in [0.25, 0.3) is 0 Å². The van der Waals surface area contributed by atoms with Crippen molar-refractivity contribution in [3.05, 3.63) is 28.7 Å². The standard InChI is InChI=1S/C14H21BrN2O3/c15-11-4-3-5-13(8-11)20-10-12(18)9-17-7-2-1-6-14(16)19/h3-5,8,12,17-18H,1-2,6-7,9-10H2,(H2,16,19). The van der Waals surface area contributed by atoms with Crippen LogP contribution in [0.15, 0.2) is 28.7 Å². The zero-order valence-electron chi connectivity index (χ0n) is 11.3. The summed E-state index contributed by atoms with van der Waals surface area (Å²) >= 11 is 3.36. The molecule has 1 rings (SSSR count). The van der Waals surface area contributed by atoms with E-state index in [-0.39, 0.29) is 12.5 Å². The molecule has 1 aromatic carbocycles. The van der Waals surface area contributed by atoms with Crippen molar-refractivity contribution in [3.8, 4) is 5.75 Å². The molecule has 0 saturated heterocycles. The zero-order chi connectivity index (χ0) is 14.8. The highest BCUT2D eigenvalue weighted by atomic mass is 79.9. The van der Waals surface area contributed by atoms with Crippen LogP contribution < -0.4 is 15.8 Å². The highest BCUT2D eigenvalue weighted by Crippen LogP contribution is 2.17. The minimum Gasteiger partial charge on any atom is -0.491 e. The molecule has 1 unspecified atom stereocenters. The average Bonchev–Trinajstić information content (AvgIpc) is 2.40. The number of hydrogen-bond acceptors (Lipinski definition) is 4. The Morgan fingerprint density at radius 1 is 1.45 bits per heavy atom. The van der Waals surface area contributed by atoms with E-state index in [0.29, 0.717) is 13.0 Å². The summed E-state index contributed by atoms with van der Waals surface area (Å²) in [6.07, 6.45) is 1.48. The Balaban J connectivity index is 2.06. The predicted octanol–water partition coefficient (Wildman–Crippen LogP) is 1.43. The Bertz CT molecular complexity index is 415. The fraction of sp³-hybridized carbons (Fsp3) is 0.500. The van der Waals surface area contributed by atoms with Gasteiger partial charge in [0.1, 0.15) is 18.5 Å². The predicted molar refractivity (Wildman–Crippen MR) is 81.6 cm³/mol. The summed E-state index contributed by atoms with van der Waals surface area (Å²) in [7, 11) is 0. The van der Waals surface area contributed by atoms with Gasteiger partial charge in [0, 0.05) is 17.4 Å². The second kappa shape index (κ2) is 9.74. The number of rotatable bonds is 10. The van der Waals surface area contributed by atoms with E-state index < -0.39 is 6.10 Å². The van der Waals surface area contributed by atoms with Crippen LogP contribution in [-0.2, 0) is 4.79 Å². The lowest BCUT2D eigenvalue weighted by molar-refractivity contribution is -0.118. The van der Waals surface area contributed by atoms with E-state index in [1.54, 1.807) is 0 Å². The third-order valence-corrected chi connectivity index (χ3v) is 3.14. The van der Waals surface area contributed by atoms with Crippen LogP contribution in [0.4, 0.5) is 0 Å². The number of hydrogen-bond donors (Lipinski definition) is 3. The molecule has 1 atom stereocenters. The van der Waals surface area contributed by atoms with Gasteiger partial charge in [-0.15, -0.1) is 0 Å². The molecule has 0 aromatic heterocycles. The van der Waals surface area contributed by atoms with Gasteiger partial charge in [0.05, 0.1) is 0 Å². The van der Waals surface area contributed by atoms with Crippen LogP contribution in [0, 0.1) is 0 Å². The van der Waals surface area contributed by atoms with Crippen LogP contribution in [0.3, 0.4) is 0 Å². The molecular weight excluding hydrogens is 324 g/mol. The number of benzene rings is 1. The maximum absolute atomic E-state index is 10.5. The van der Waals surface area contributed by atoms with Crippen molar-refractivity contribution in [2.45, 2.75) is 25.4 Å². The Morgan fingerprint density at radius 3 is 2.95 bits per heavy atom. The van der Waals surface area contributed by atoms with Crippen molar-refractivity contribution < 1.29 is 14.6 Å². The molecule has 0 aliphatic carbocycles. The number of nitrogens with two attached hydrogens (primary N) is 1. The van der Waals surface area contributed by atoms with Crippen molar-refractivity contribution >= 4 is 21.8 Å². The molecule has 0 saturated carbocycles. The van der Waals surface area contributed by atoms with Gasteiger partial charge in [0.15, 0.2) is 0 Å². The molecule has 0 heterocycles. The van der Waals surface area contributed by atoms with Gasteiger partial charge in [-0.1, -0.05) is 22.0 Å². The molecule has 20 heavy (non-hydrogen) atoms.